The molecule has 0 bridgehead atoms. The molecule has 1 aromatic carbocycles. The van der Waals surface area contributed by atoms with Gasteiger partial charge in [-0.05, 0) is 24.8 Å². The topological polar surface area (TPSA) is 41.1 Å². The van der Waals surface area contributed by atoms with Gasteiger partial charge in [0.15, 0.2) is 0 Å². The molecule has 0 radical (unpaired) electrons. The van der Waals surface area contributed by atoms with Crippen LogP contribution >= 0.6 is 0 Å². The molecule has 1 aliphatic heterocycles. The molecule has 1 unspecified atom stereocenters. The number of para-hydroxylation sites is 1. The molecule has 84 valence electrons. The van der Waals surface area contributed by atoms with Gasteiger partial charge in [0.2, 0.25) is 5.91 Å². The van der Waals surface area contributed by atoms with Crippen LogP contribution in [0, 0.1) is 11.6 Å². The van der Waals surface area contributed by atoms with E-state index in [2.05, 4.69) is 10.6 Å². The van der Waals surface area contributed by atoms with Crippen LogP contribution in [0.5, 0.6) is 0 Å². The Balaban J connectivity index is 2.11. The van der Waals surface area contributed by atoms with Gasteiger partial charge in [0.1, 0.15) is 23.4 Å². The van der Waals surface area contributed by atoms with E-state index in [1.807, 2.05) is 0 Å². The van der Waals surface area contributed by atoms with Crippen LogP contribution in [0.25, 0.3) is 0 Å². The van der Waals surface area contributed by atoms with Crippen LogP contribution in [-0.2, 0) is 4.79 Å². The van der Waals surface area contributed by atoms with Crippen molar-refractivity contribution in [1.29, 1.82) is 0 Å². The number of hydrogen-bond donors (Lipinski definition) is 2. The Morgan fingerprint density at radius 3 is 2.62 bits per heavy atom. The molecular weight excluding hydrogens is 214 g/mol. The zero-order valence-electron chi connectivity index (χ0n) is 8.34. The summed E-state index contributed by atoms with van der Waals surface area (Å²) in [5, 5.41) is 5.01. The third kappa shape index (κ3) is 2.03. The highest BCUT2D eigenvalue weighted by atomic mass is 19.1. The molecule has 0 aromatic heterocycles. The Morgan fingerprint density at radius 2 is 2.06 bits per heavy atom. The second-order valence-electron chi connectivity index (χ2n) is 3.44. The summed E-state index contributed by atoms with van der Waals surface area (Å²) in [5.41, 5.74) is -0.402. The summed E-state index contributed by atoms with van der Waals surface area (Å²) < 4.78 is 26.4. The highest BCUT2D eigenvalue weighted by Gasteiger charge is 2.21. The average molecular weight is 224 g/mol. The quantitative estimate of drug-likeness (QED) is 0.804. The van der Waals surface area contributed by atoms with Gasteiger partial charge in [-0.3, -0.25) is 4.79 Å². The van der Waals surface area contributed by atoms with Crippen LogP contribution in [0.15, 0.2) is 30.5 Å². The van der Waals surface area contributed by atoms with E-state index in [0.29, 0.717) is 6.42 Å². The Bertz CT molecular complexity index is 417. The van der Waals surface area contributed by atoms with Gasteiger partial charge in [-0.2, -0.15) is 0 Å². The highest BCUT2D eigenvalue weighted by Crippen LogP contribution is 2.18. The second-order valence-corrected chi connectivity index (χ2v) is 3.44. The summed E-state index contributed by atoms with van der Waals surface area (Å²) in [4.78, 5) is 11.6. The molecule has 2 rings (SSSR count). The van der Waals surface area contributed by atoms with E-state index in [-0.39, 0.29) is 0 Å². The van der Waals surface area contributed by atoms with Crippen LogP contribution in [0.2, 0.25) is 0 Å². The number of benzene rings is 1. The Labute approximate surface area is 91.2 Å². The van der Waals surface area contributed by atoms with E-state index >= 15 is 0 Å². The fourth-order valence-corrected chi connectivity index (χ4v) is 1.47. The van der Waals surface area contributed by atoms with E-state index in [9.17, 15) is 13.6 Å². The van der Waals surface area contributed by atoms with Crippen LogP contribution in [0.1, 0.15) is 6.42 Å². The van der Waals surface area contributed by atoms with Crippen LogP contribution in [-0.4, -0.2) is 11.9 Å². The molecular formula is C11H10F2N2O. The Kier molecular flexibility index (Phi) is 2.85. The SMILES string of the molecule is O=C(Nc1c(F)cccc1F)C1CC=CN1. The van der Waals surface area contributed by atoms with Gasteiger partial charge in [0, 0.05) is 0 Å². The number of carbonyl (C=O) groups excluding carboxylic acids is 1. The molecule has 1 aliphatic rings. The Hall–Kier alpha value is -1.91. The Morgan fingerprint density at radius 1 is 1.38 bits per heavy atom. The van der Waals surface area contributed by atoms with E-state index in [1.165, 1.54) is 6.07 Å². The molecule has 5 heteroatoms. The zero-order valence-corrected chi connectivity index (χ0v) is 8.34. The lowest BCUT2D eigenvalue weighted by molar-refractivity contribution is -0.117. The largest absolute Gasteiger partial charge is 0.380 e. The first-order valence-corrected chi connectivity index (χ1v) is 4.84. The molecule has 1 amide bonds. The molecule has 16 heavy (non-hydrogen) atoms. The summed E-state index contributed by atoms with van der Waals surface area (Å²) in [6.07, 6.45) is 3.94. The number of hydrogen-bond acceptors (Lipinski definition) is 2. The van der Waals surface area contributed by atoms with Crippen molar-refractivity contribution < 1.29 is 13.6 Å². The van der Waals surface area contributed by atoms with Gasteiger partial charge in [0.05, 0.1) is 0 Å². The highest BCUT2D eigenvalue weighted by molar-refractivity contribution is 5.95. The lowest BCUT2D eigenvalue weighted by Crippen LogP contribution is -2.35. The molecule has 3 nitrogen and oxygen atoms in total. The summed E-state index contributed by atoms with van der Waals surface area (Å²) in [6, 6.07) is 2.98. The number of amides is 1. The third-order valence-electron chi connectivity index (χ3n) is 2.31. The lowest BCUT2D eigenvalue weighted by Gasteiger charge is -2.12. The first-order valence-electron chi connectivity index (χ1n) is 4.84. The zero-order chi connectivity index (χ0) is 11.5. The summed E-state index contributed by atoms with van der Waals surface area (Å²) in [5.74, 6) is -2.01. The van der Waals surface area contributed by atoms with Crippen molar-refractivity contribution in [3.63, 3.8) is 0 Å². The van der Waals surface area contributed by atoms with Crippen LogP contribution < -0.4 is 10.6 Å². The minimum Gasteiger partial charge on any atom is -0.380 e. The lowest BCUT2D eigenvalue weighted by atomic mass is 10.2. The normalized spacial score (nSPS) is 18.2. The van der Waals surface area contributed by atoms with Gasteiger partial charge in [-0.15, -0.1) is 0 Å². The van der Waals surface area contributed by atoms with Gasteiger partial charge in [-0.1, -0.05) is 12.1 Å². The standard InChI is InChI=1S/C11H10F2N2O/c12-7-3-1-4-8(13)10(7)15-11(16)9-5-2-6-14-9/h1-4,6,9,14H,5H2,(H,15,16). The van der Waals surface area contributed by atoms with Crippen molar-refractivity contribution in [2.45, 2.75) is 12.5 Å². The van der Waals surface area contributed by atoms with Crippen LogP contribution in [0.4, 0.5) is 14.5 Å². The van der Waals surface area contributed by atoms with E-state index < -0.39 is 29.3 Å². The summed E-state index contributed by atoms with van der Waals surface area (Å²) >= 11 is 0. The summed E-state index contributed by atoms with van der Waals surface area (Å²) in [6.45, 7) is 0. The second kappa shape index (κ2) is 4.30. The van der Waals surface area contributed by atoms with E-state index in [4.69, 9.17) is 0 Å². The van der Waals surface area contributed by atoms with Gasteiger partial charge < -0.3 is 10.6 Å². The van der Waals surface area contributed by atoms with Crippen molar-refractivity contribution in [2.24, 2.45) is 0 Å². The smallest absolute Gasteiger partial charge is 0.247 e. The third-order valence-corrected chi connectivity index (χ3v) is 2.31. The van der Waals surface area contributed by atoms with Crippen LogP contribution in [0.3, 0.4) is 0 Å². The maximum atomic E-state index is 13.2. The number of halogens is 2. The molecule has 0 spiro atoms. The molecule has 1 heterocycles. The fourth-order valence-electron chi connectivity index (χ4n) is 1.47. The molecule has 0 saturated carbocycles. The van der Waals surface area contributed by atoms with E-state index in [0.717, 1.165) is 12.1 Å². The van der Waals surface area contributed by atoms with Crippen molar-refractivity contribution in [3.05, 3.63) is 42.1 Å². The minimum atomic E-state index is -0.778. The van der Waals surface area contributed by atoms with Crippen molar-refractivity contribution in [2.75, 3.05) is 5.32 Å². The molecule has 1 atom stereocenters. The molecule has 0 aliphatic carbocycles. The van der Waals surface area contributed by atoms with Gasteiger partial charge in [0.25, 0.3) is 0 Å². The fraction of sp³-hybridized carbons (Fsp3) is 0.182. The average Bonchev–Trinajstić information content (AvgIpc) is 2.76. The number of anilines is 1. The molecule has 0 saturated heterocycles. The predicted octanol–water partition coefficient (Wildman–Crippen LogP) is 1.78. The first kappa shape index (κ1) is 10.6. The number of nitrogens with one attached hydrogen (secondary N) is 2. The molecule has 1 aromatic rings. The molecule has 0 fully saturated rings. The number of carbonyl (C=O) groups is 1. The van der Waals surface area contributed by atoms with Crippen molar-refractivity contribution in [3.8, 4) is 0 Å². The maximum absolute atomic E-state index is 13.2. The van der Waals surface area contributed by atoms with Crippen molar-refractivity contribution in [1.82, 2.24) is 5.32 Å². The summed E-state index contributed by atoms with van der Waals surface area (Å²) in [7, 11) is 0. The van der Waals surface area contributed by atoms with Gasteiger partial charge in [-0.25, -0.2) is 8.78 Å². The maximum Gasteiger partial charge on any atom is 0.247 e. The molecule has 2 N–H and O–H groups in total. The van der Waals surface area contributed by atoms with Crippen molar-refractivity contribution >= 4 is 11.6 Å². The van der Waals surface area contributed by atoms with E-state index in [1.54, 1.807) is 12.3 Å². The monoisotopic (exact) mass is 224 g/mol. The first-order chi connectivity index (χ1) is 7.68. The van der Waals surface area contributed by atoms with Gasteiger partial charge >= 0.3 is 0 Å². The predicted molar refractivity (Wildman–Crippen MR) is 55.7 cm³/mol. The number of rotatable bonds is 2. The minimum absolute atomic E-state index is 0.402.